The van der Waals surface area contributed by atoms with Crippen LogP contribution in [0, 0.1) is 11.7 Å². The Morgan fingerprint density at radius 1 is 1.38 bits per heavy atom. The third kappa shape index (κ3) is 4.19. The Morgan fingerprint density at radius 3 is 2.69 bits per heavy atom. The SMILES string of the molecule is COCCC(Nc1cccc(F)c1)C(C)C. The van der Waals surface area contributed by atoms with Crippen LogP contribution in [-0.4, -0.2) is 19.8 Å². The third-order valence-corrected chi connectivity index (χ3v) is 2.61. The lowest BCUT2D eigenvalue weighted by atomic mass is 10.0. The third-order valence-electron chi connectivity index (χ3n) is 2.61. The van der Waals surface area contributed by atoms with Crippen LogP contribution in [0.2, 0.25) is 0 Å². The molecule has 1 aromatic rings. The molecule has 0 saturated carbocycles. The number of nitrogens with one attached hydrogen (secondary N) is 1. The highest BCUT2D eigenvalue weighted by Gasteiger charge is 2.12. The molecule has 0 bridgehead atoms. The van der Waals surface area contributed by atoms with Crippen molar-refractivity contribution < 1.29 is 9.13 Å². The molecule has 3 heteroatoms. The van der Waals surface area contributed by atoms with Gasteiger partial charge in [-0.1, -0.05) is 19.9 Å². The van der Waals surface area contributed by atoms with Gasteiger partial charge in [0.05, 0.1) is 0 Å². The lowest BCUT2D eigenvalue weighted by Gasteiger charge is -2.23. The van der Waals surface area contributed by atoms with Gasteiger partial charge in [-0.3, -0.25) is 0 Å². The maximum atomic E-state index is 13.0. The fraction of sp³-hybridized carbons (Fsp3) is 0.538. The standard InChI is InChI=1S/C13H20FNO/c1-10(2)13(7-8-16-3)15-12-6-4-5-11(14)9-12/h4-6,9-10,13,15H,7-8H2,1-3H3. The molecule has 0 heterocycles. The molecule has 0 spiro atoms. The van der Waals surface area contributed by atoms with Crippen molar-refractivity contribution in [1.29, 1.82) is 0 Å². The number of halogens is 1. The van der Waals surface area contributed by atoms with Gasteiger partial charge in [0.15, 0.2) is 0 Å². The fourth-order valence-electron chi connectivity index (χ4n) is 1.61. The minimum atomic E-state index is -0.209. The van der Waals surface area contributed by atoms with Crippen molar-refractivity contribution in [3.8, 4) is 0 Å². The molecule has 0 aliphatic carbocycles. The van der Waals surface area contributed by atoms with Crippen molar-refractivity contribution in [2.75, 3.05) is 19.0 Å². The maximum Gasteiger partial charge on any atom is 0.125 e. The Hall–Kier alpha value is -1.09. The highest BCUT2D eigenvalue weighted by molar-refractivity contribution is 5.44. The Bertz CT molecular complexity index is 315. The zero-order chi connectivity index (χ0) is 12.0. The van der Waals surface area contributed by atoms with Crippen LogP contribution in [0.4, 0.5) is 10.1 Å². The summed E-state index contributed by atoms with van der Waals surface area (Å²) >= 11 is 0. The van der Waals surface area contributed by atoms with Crippen molar-refractivity contribution in [3.05, 3.63) is 30.1 Å². The van der Waals surface area contributed by atoms with Gasteiger partial charge < -0.3 is 10.1 Å². The van der Waals surface area contributed by atoms with E-state index in [-0.39, 0.29) is 5.82 Å². The smallest absolute Gasteiger partial charge is 0.125 e. The summed E-state index contributed by atoms with van der Waals surface area (Å²) in [6, 6.07) is 6.87. The zero-order valence-corrected chi connectivity index (χ0v) is 10.2. The lowest BCUT2D eigenvalue weighted by Crippen LogP contribution is -2.27. The van der Waals surface area contributed by atoms with E-state index in [0.717, 1.165) is 12.1 Å². The second kappa shape index (κ2) is 6.48. The number of benzene rings is 1. The molecule has 90 valence electrons. The van der Waals surface area contributed by atoms with Crippen LogP contribution in [0.15, 0.2) is 24.3 Å². The number of rotatable bonds is 6. The molecule has 0 aliphatic rings. The highest BCUT2D eigenvalue weighted by Crippen LogP contribution is 2.16. The van der Waals surface area contributed by atoms with Gasteiger partial charge in [0.25, 0.3) is 0 Å². The van der Waals surface area contributed by atoms with E-state index in [1.807, 2.05) is 6.07 Å². The molecule has 0 aliphatic heterocycles. The molecule has 0 radical (unpaired) electrons. The first-order valence-corrected chi connectivity index (χ1v) is 5.64. The Labute approximate surface area is 96.8 Å². The summed E-state index contributed by atoms with van der Waals surface area (Å²) < 4.78 is 18.1. The van der Waals surface area contributed by atoms with Gasteiger partial charge in [0.2, 0.25) is 0 Å². The molecule has 0 aromatic heterocycles. The average molecular weight is 225 g/mol. The van der Waals surface area contributed by atoms with E-state index in [1.54, 1.807) is 13.2 Å². The number of methoxy groups -OCH3 is 1. The van der Waals surface area contributed by atoms with E-state index in [0.29, 0.717) is 18.6 Å². The molecule has 0 amide bonds. The van der Waals surface area contributed by atoms with Crippen LogP contribution in [0.1, 0.15) is 20.3 Å². The molecule has 0 saturated heterocycles. The summed E-state index contributed by atoms with van der Waals surface area (Å²) in [6.45, 7) is 5.00. The molecule has 16 heavy (non-hydrogen) atoms. The van der Waals surface area contributed by atoms with Gasteiger partial charge in [0.1, 0.15) is 5.82 Å². The number of anilines is 1. The number of ether oxygens (including phenoxy) is 1. The Kier molecular flexibility index (Phi) is 5.26. The van der Waals surface area contributed by atoms with Crippen LogP contribution >= 0.6 is 0 Å². The van der Waals surface area contributed by atoms with Crippen molar-refractivity contribution >= 4 is 5.69 Å². The molecule has 2 nitrogen and oxygen atoms in total. The van der Waals surface area contributed by atoms with E-state index in [2.05, 4.69) is 19.2 Å². The van der Waals surface area contributed by atoms with Gasteiger partial charge >= 0.3 is 0 Å². The second-order valence-corrected chi connectivity index (χ2v) is 4.29. The van der Waals surface area contributed by atoms with Gasteiger partial charge in [0, 0.05) is 25.4 Å². The summed E-state index contributed by atoms with van der Waals surface area (Å²) in [7, 11) is 1.69. The van der Waals surface area contributed by atoms with Crippen molar-refractivity contribution in [1.82, 2.24) is 0 Å². The summed E-state index contributed by atoms with van der Waals surface area (Å²) in [5, 5.41) is 3.33. The first-order valence-electron chi connectivity index (χ1n) is 5.64. The predicted octanol–water partition coefficient (Wildman–Crippen LogP) is 3.30. The summed E-state index contributed by atoms with van der Waals surface area (Å²) in [5.74, 6) is 0.276. The normalized spacial score (nSPS) is 12.8. The van der Waals surface area contributed by atoms with E-state index in [9.17, 15) is 4.39 Å². The predicted molar refractivity (Wildman–Crippen MR) is 65.1 cm³/mol. The quantitative estimate of drug-likeness (QED) is 0.802. The minimum absolute atomic E-state index is 0.209. The molecule has 1 N–H and O–H groups in total. The molecule has 1 rings (SSSR count). The van der Waals surface area contributed by atoms with Crippen LogP contribution in [0.5, 0.6) is 0 Å². The highest BCUT2D eigenvalue weighted by atomic mass is 19.1. The lowest BCUT2D eigenvalue weighted by molar-refractivity contribution is 0.184. The van der Waals surface area contributed by atoms with Crippen molar-refractivity contribution in [2.24, 2.45) is 5.92 Å². The van der Waals surface area contributed by atoms with E-state index in [1.165, 1.54) is 12.1 Å². The number of hydrogen-bond donors (Lipinski definition) is 1. The summed E-state index contributed by atoms with van der Waals surface area (Å²) in [5.41, 5.74) is 0.829. The Balaban J connectivity index is 2.60. The van der Waals surface area contributed by atoms with E-state index < -0.39 is 0 Å². The van der Waals surface area contributed by atoms with Crippen LogP contribution in [0.3, 0.4) is 0 Å². The topological polar surface area (TPSA) is 21.3 Å². The summed E-state index contributed by atoms with van der Waals surface area (Å²) in [6.07, 6.45) is 0.921. The van der Waals surface area contributed by atoms with Gasteiger partial charge in [-0.15, -0.1) is 0 Å². The Morgan fingerprint density at radius 2 is 2.12 bits per heavy atom. The van der Waals surface area contributed by atoms with Crippen molar-refractivity contribution in [3.63, 3.8) is 0 Å². The average Bonchev–Trinajstić information content (AvgIpc) is 2.24. The van der Waals surface area contributed by atoms with E-state index in [4.69, 9.17) is 4.74 Å². The van der Waals surface area contributed by atoms with Crippen LogP contribution < -0.4 is 5.32 Å². The molecule has 0 fully saturated rings. The van der Waals surface area contributed by atoms with Crippen molar-refractivity contribution in [2.45, 2.75) is 26.3 Å². The minimum Gasteiger partial charge on any atom is -0.385 e. The van der Waals surface area contributed by atoms with Crippen LogP contribution in [0.25, 0.3) is 0 Å². The van der Waals surface area contributed by atoms with Gasteiger partial charge in [-0.2, -0.15) is 0 Å². The first-order chi connectivity index (χ1) is 7.63. The van der Waals surface area contributed by atoms with E-state index >= 15 is 0 Å². The molecule has 1 unspecified atom stereocenters. The largest absolute Gasteiger partial charge is 0.385 e. The first kappa shape index (κ1) is 13.0. The molecular weight excluding hydrogens is 205 g/mol. The van der Waals surface area contributed by atoms with Gasteiger partial charge in [-0.25, -0.2) is 4.39 Å². The van der Waals surface area contributed by atoms with Gasteiger partial charge in [-0.05, 0) is 30.5 Å². The number of hydrogen-bond acceptors (Lipinski definition) is 2. The molecule has 1 aromatic carbocycles. The molecular formula is C13H20FNO. The maximum absolute atomic E-state index is 13.0. The second-order valence-electron chi connectivity index (χ2n) is 4.29. The fourth-order valence-corrected chi connectivity index (χ4v) is 1.61. The van der Waals surface area contributed by atoms with Crippen LogP contribution in [-0.2, 0) is 4.74 Å². The summed E-state index contributed by atoms with van der Waals surface area (Å²) in [4.78, 5) is 0. The monoisotopic (exact) mass is 225 g/mol. The zero-order valence-electron chi connectivity index (χ0n) is 10.2. The molecule has 1 atom stereocenters.